The Bertz CT molecular complexity index is 602. The molecule has 20 heavy (non-hydrogen) atoms. The number of hydrogen-bond donors (Lipinski definition) is 2. The maximum Gasteiger partial charge on any atom is 0.488 e. The van der Waals surface area contributed by atoms with Gasteiger partial charge >= 0.3 is 7.12 Å². The quantitative estimate of drug-likeness (QED) is 0.852. The zero-order valence-corrected chi connectivity index (χ0v) is 11.7. The smallest absolute Gasteiger partial charge is 0.488 e. The van der Waals surface area contributed by atoms with E-state index < -0.39 is 12.9 Å². The first-order valence-electron chi connectivity index (χ1n) is 5.69. The van der Waals surface area contributed by atoms with Crippen molar-refractivity contribution in [2.75, 3.05) is 0 Å². The van der Waals surface area contributed by atoms with Crippen molar-refractivity contribution in [2.24, 2.45) is 0 Å². The van der Waals surface area contributed by atoms with Crippen LogP contribution in [-0.4, -0.2) is 17.2 Å². The van der Waals surface area contributed by atoms with Crippen LogP contribution in [0.15, 0.2) is 36.4 Å². The monoisotopic (exact) mass is 314 g/mol. The minimum absolute atomic E-state index is 0.00487. The van der Waals surface area contributed by atoms with E-state index in [4.69, 9.17) is 38.0 Å². The maximum atomic E-state index is 13.3. The SMILES string of the molecule is OB(O)c1cc(F)cc(OCc2c(Cl)cccc2Cl)c1. The Kier molecular flexibility index (Phi) is 4.88. The molecule has 104 valence electrons. The Hall–Kier alpha value is -1.27. The molecule has 2 aromatic carbocycles. The van der Waals surface area contributed by atoms with Crippen molar-refractivity contribution in [3.05, 3.63) is 57.8 Å². The van der Waals surface area contributed by atoms with Gasteiger partial charge in [0.2, 0.25) is 0 Å². The van der Waals surface area contributed by atoms with Gasteiger partial charge in [-0.2, -0.15) is 0 Å². The van der Waals surface area contributed by atoms with Crippen molar-refractivity contribution in [3.8, 4) is 5.75 Å². The predicted molar refractivity (Wildman–Crippen MR) is 77.0 cm³/mol. The summed E-state index contributed by atoms with van der Waals surface area (Å²) in [5.74, 6) is -0.472. The highest BCUT2D eigenvalue weighted by Crippen LogP contribution is 2.25. The van der Waals surface area contributed by atoms with E-state index in [1.807, 2.05) is 0 Å². The van der Waals surface area contributed by atoms with Gasteiger partial charge in [-0.25, -0.2) is 4.39 Å². The fourth-order valence-corrected chi connectivity index (χ4v) is 2.15. The van der Waals surface area contributed by atoms with E-state index in [1.54, 1.807) is 18.2 Å². The molecule has 0 unspecified atom stereocenters. The van der Waals surface area contributed by atoms with Gasteiger partial charge < -0.3 is 14.8 Å². The zero-order valence-electron chi connectivity index (χ0n) is 10.2. The second kappa shape index (κ2) is 6.46. The van der Waals surface area contributed by atoms with Crippen molar-refractivity contribution >= 4 is 35.8 Å². The molecule has 0 heterocycles. The number of rotatable bonds is 4. The van der Waals surface area contributed by atoms with Gasteiger partial charge in [-0.05, 0) is 29.7 Å². The molecule has 0 saturated heterocycles. The van der Waals surface area contributed by atoms with Gasteiger partial charge in [0, 0.05) is 21.7 Å². The van der Waals surface area contributed by atoms with Gasteiger partial charge in [-0.15, -0.1) is 0 Å². The van der Waals surface area contributed by atoms with Gasteiger partial charge in [-0.3, -0.25) is 0 Å². The lowest BCUT2D eigenvalue weighted by Gasteiger charge is -2.11. The summed E-state index contributed by atoms with van der Waals surface area (Å²) in [5, 5.41) is 19.0. The molecule has 2 rings (SSSR count). The molecule has 0 fully saturated rings. The fourth-order valence-electron chi connectivity index (χ4n) is 1.64. The molecular formula is C13H10BCl2FO3. The highest BCUT2D eigenvalue weighted by molar-refractivity contribution is 6.58. The fraction of sp³-hybridized carbons (Fsp3) is 0.0769. The molecule has 0 aromatic heterocycles. The third kappa shape index (κ3) is 3.64. The normalized spacial score (nSPS) is 10.4. The molecular weight excluding hydrogens is 305 g/mol. The van der Waals surface area contributed by atoms with Crippen LogP contribution in [0.3, 0.4) is 0 Å². The molecule has 0 aliphatic rings. The summed E-state index contributed by atoms with van der Waals surface area (Å²) in [6, 6.07) is 8.52. The molecule has 0 bridgehead atoms. The molecule has 2 aromatic rings. The number of halogens is 3. The standard InChI is InChI=1S/C13H10BCl2FO3/c15-12-2-1-3-13(16)11(12)7-20-10-5-8(14(18)19)4-9(17)6-10/h1-6,18-19H,7H2. The van der Waals surface area contributed by atoms with E-state index in [0.29, 0.717) is 15.6 Å². The molecule has 0 radical (unpaired) electrons. The highest BCUT2D eigenvalue weighted by Gasteiger charge is 2.14. The van der Waals surface area contributed by atoms with Crippen molar-refractivity contribution in [1.82, 2.24) is 0 Å². The Morgan fingerprint density at radius 3 is 2.35 bits per heavy atom. The molecule has 7 heteroatoms. The van der Waals surface area contributed by atoms with Crippen molar-refractivity contribution < 1.29 is 19.2 Å². The van der Waals surface area contributed by atoms with Crippen LogP contribution in [0, 0.1) is 5.82 Å². The van der Waals surface area contributed by atoms with Gasteiger partial charge in [0.1, 0.15) is 18.2 Å². The Labute approximate surface area is 125 Å². The molecule has 0 spiro atoms. The van der Waals surface area contributed by atoms with Crippen LogP contribution in [0.1, 0.15) is 5.56 Å². The van der Waals surface area contributed by atoms with Crippen LogP contribution in [0.25, 0.3) is 0 Å². The summed E-state index contributed by atoms with van der Waals surface area (Å²) in [6.45, 7) is 0.0446. The molecule has 0 saturated carbocycles. The third-order valence-electron chi connectivity index (χ3n) is 2.64. The van der Waals surface area contributed by atoms with Gasteiger partial charge in [0.15, 0.2) is 0 Å². The first-order chi connectivity index (χ1) is 9.47. The molecule has 2 N–H and O–H groups in total. The average Bonchev–Trinajstić information content (AvgIpc) is 2.37. The van der Waals surface area contributed by atoms with Crippen LogP contribution in [0.2, 0.25) is 10.0 Å². The predicted octanol–water partition coefficient (Wildman–Crippen LogP) is 2.39. The molecule has 0 atom stereocenters. The van der Waals surface area contributed by atoms with Crippen LogP contribution in [-0.2, 0) is 6.61 Å². The first kappa shape index (κ1) is 15.1. The Balaban J connectivity index is 2.19. The number of hydrogen-bond acceptors (Lipinski definition) is 3. The van der Waals surface area contributed by atoms with E-state index in [2.05, 4.69) is 0 Å². The highest BCUT2D eigenvalue weighted by atomic mass is 35.5. The summed E-state index contributed by atoms with van der Waals surface area (Å²) in [6.07, 6.45) is 0. The lowest BCUT2D eigenvalue weighted by Crippen LogP contribution is -2.30. The second-order valence-corrected chi connectivity index (χ2v) is 4.90. The molecule has 0 aliphatic carbocycles. The minimum Gasteiger partial charge on any atom is -0.489 e. The molecule has 0 amide bonds. The van der Waals surface area contributed by atoms with Gasteiger partial charge in [0.05, 0.1) is 0 Å². The van der Waals surface area contributed by atoms with Crippen LogP contribution >= 0.6 is 23.2 Å². The molecule has 0 aliphatic heterocycles. The van der Waals surface area contributed by atoms with Crippen molar-refractivity contribution in [2.45, 2.75) is 6.61 Å². The van der Waals surface area contributed by atoms with E-state index in [1.165, 1.54) is 6.07 Å². The second-order valence-electron chi connectivity index (χ2n) is 4.08. The van der Waals surface area contributed by atoms with E-state index in [-0.39, 0.29) is 17.8 Å². The van der Waals surface area contributed by atoms with Gasteiger partial charge in [0.25, 0.3) is 0 Å². The Morgan fingerprint density at radius 1 is 1.10 bits per heavy atom. The summed E-state index contributed by atoms with van der Waals surface area (Å²) >= 11 is 12.0. The lowest BCUT2D eigenvalue weighted by atomic mass is 9.80. The average molecular weight is 315 g/mol. The summed E-state index contributed by atoms with van der Waals surface area (Å²) in [5.41, 5.74) is 0.580. The maximum absolute atomic E-state index is 13.3. The minimum atomic E-state index is -1.77. The zero-order chi connectivity index (χ0) is 14.7. The molecule has 3 nitrogen and oxygen atoms in total. The number of benzene rings is 2. The van der Waals surface area contributed by atoms with E-state index in [0.717, 1.165) is 12.1 Å². The summed E-state index contributed by atoms with van der Waals surface area (Å²) in [7, 11) is -1.77. The van der Waals surface area contributed by atoms with Crippen LogP contribution < -0.4 is 10.2 Å². The summed E-state index contributed by atoms with van der Waals surface area (Å²) < 4.78 is 18.7. The summed E-state index contributed by atoms with van der Waals surface area (Å²) in [4.78, 5) is 0. The van der Waals surface area contributed by atoms with Crippen molar-refractivity contribution in [1.29, 1.82) is 0 Å². The van der Waals surface area contributed by atoms with Crippen LogP contribution in [0.4, 0.5) is 4.39 Å². The largest absolute Gasteiger partial charge is 0.489 e. The third-order valence-corrected chi connectivity index (χ3v) is 3.34. The lowest BCUT2D eigenvalue weighted by molar-refractivity contribution is 0.305. The first-order valence-corrected chi connectivity index (χ1v) is 6.45. The van der Waals surface area contributed by atoms with Crippen LogP contribution in [0.5, 0.6) is 5.75 Å². The Morgan fingerprint density at radius 2 is 1.75 bits per heavy atom. The van der Waals surface area contributed by atoms with E-state index in [9.17, 15) is 4.39 Å². The topological polar surface area (TPSA) is 49.7 Å². The van der Waals surface area contributed by atoms with Crippen molar-refractivity contribution in [3.63, 3.8) is 0 Å². The number of ether oxygens (including phenoxy) is 1. The van der Waals surface area contributed by atoms with Gasteiger partial charge in [-0.1, -0.05) is 29.3 Å². The van der Waals surface area contributed by atoms with E-state index >= 15 is 0 Å².